The van der Waals surface area contributed by atoms with E-state index in [0.29, 0.717) is 17.5 Å². The molecule has 4 heterocycles. The predicted molar refractivity (Wildman–Crippen MR) is 259 cm³/mol. The Bertz CT molecular complexity index is 3720. The second-order valence-electron chi connectivity index (χ2n) is 16.3. The van der Waals surface area contributed by atoms with Gasteiger partial charge in [0.15, 0.2) is 17.5 Å². The highest BCUT2D eigenvalue weighted by atomic mass is 15.1. The summed E-state index contributed by atoms with van der Waals surface area (Å²) in [6.07, 6.45) is 6.64. The summed E-state index contributed by atoms with van der Waals surface area (Å²) in [6.45, 7) is 0. The Labute approximate surface area is 363 Å². The highest BCUT2D eigenvalue weighted by Gasteiger charge is 2.26. The zero-order valence-electron chi connectivity index (χ0n) is 34.2. The molecule has 0 unspecified atom stereocenters. The third kappa shape index (κ3) is 5.41. The van der Waals surface area contributed by atoms with E-state index in [-0.39, 0.29) is 0 Å². The molecule has 8 aromatic carbocycles. The van der Waals surface area contributed by atoms with E-state index in [4.69, 9.17) is 15.0 Å². The van der Waals surface area contributed by atoms with E-state index >= 15 is 0 Å². The average molecular weight is 807 g/mol. The number of benzene rings is 8. The second kappa shape index (κ2) is 14.1. The van der Waals surface area contributed by atoms with Crippen LogP contribution in [0.5, 0.6) is 0 Å². The van der Waals surface area contributed by atoms with E-state index in [1.165, 1.54) is 66.1 Å². The van der Waals surface area contributed by atoms with Crippen LogP contribution in [0.15, 0.2) is 200 Å². The van der Waals surface area contributed by atoms with E-state index < -0.39 is 0 Å². The first-order chi connectivity index (χ1) is 31.3. The molecule has 0 atom stereocenters. The van der Waals surface area contributed by atoms with Crippen molar-refractivity contribution in [1.82, 2.24) is 28.7 Å². The second-order valence-corrected chi connectivity index (χ2v) is 16.3. The highest BCUT2D eigenvalue weighted by Crippen LogP contribution is 2.45. The van der Waals surface area contributed by atoms with Gasteiger partial charge in [-0.2, -0.15) is 0 Å². The normalized spacial score (nSPS) is 12.6. The summed E-state index contributed by atoms with van der Waals surface area (Å²) in [5.41, 5.74) is 14.6. The molecule has 0 aliphatic heterocycles. The van der Waals surface area contributed by atoms with Gasteiger partial charge in [-0.3, -0.25) is 0 Å². The van der Waals surface area contributed by atoms with Gasteiger partial charge in [-0.05, 0) is 79.1 Å². The highest BCUT2D eigenvalue weighted by molar-refractivity contribution is 6.26. The zero-order valence-corrected chi connectivity index (χ0v) is 34.2. The molecule has 0 fully saturated rings. The van der Waals surface area contributed by atoms with E-state index in [0.717, 1.165) is 46.3 Å². The van der Waals surface area contributed by atoms with Crippen molar-refractivity contribution < 1.29 is 0 Å². The van der Waals surface area contributed by atoms with Crippen molar-refractivity contribution in [3.63, 3.8) is 0 Å². The average Bonchev–Trinajstić information content (AvgIpc) is 4.00. The first-order valence-electron chi connectivity index (χ1n) is 21.6. The number of nitrogens with zero attached hydrogens (tertiary/aromatic N) is 6. The minimum absolute atomic E-state index is 0.618. The Morgan fingerprint density at radius 1 is 0.381 bits per heavy atom. The fourth-order valence-corrected chi connectivity index (χ4v) is 10.1. The largest absolute Gasteiger partial charge is 0.310 e. The summed E-state index contributed by atoms with van der Waals surface area (Å²) >= 11 is 0. The van der Waals surface area contributed by atoms with Crippen LogP contribution in [0.3, 0.4) is 0 Å². The summed E-state index contributed by atoms with van der Waals surface area (Å²) in [7, 11) is 0. The van der Waals surface area contributed by atoms with Crippen LogP contribution < -0.4 is 0 Å². The number of hydrogen-bond acceptors (Lipinski definition) is 3. The molecule has 12 aromatic rings. The Morgan fingerprint density at radius 3 is 1.70 bits per heavy atom. The van der Waals surface area contributed by atoms with Crippen molar-refractivity contribution in [2.45, 2.75) is 12.8 Å². The SMILES string of the molecule is C1=Cc2c(c3c(-n4c5ccccc5c5ccc6c(c7ccccc7n6-c6ccccc6-c6nc(-c7ccccc7)nc(-c7ccccc7)n6)c54)cccc3n2-c2ccccc2)CC1. The minimum Gasteiger partial charge on any atom is -0.310 e. The first kappa shape index (κ1) is 35.4. The van der Waals surface area contributed by atoms with Gasteiger partial charge in [-0.1, -0.05) is 146 Å². The molecule has 6 heteroatoms. The molecule has 13 rings (SSSR count). The molecule has 296 valence electrons. The molecule has 0 saturated carbocycles. The van der Waals surface area contributed by atoms with Crippen LogP contribution in [0.1, 0.15) is 17.7 Å². The van der Waals surface area contributed by atoms with Crippen molar-refractivity contribution in [1.29, 1.82) is 0 Å². The van der Waals surface area contributed by atoms with Crippen molar-refractivity contribution in [3.8, 4) is 51.2 Å². The molecular formula is C57H38N6. The van der Waals surface area contributed by atoms with Crippen LogP contribution in [-0.2, 0) is 6.42 Å². The molecule has 63 heavy (non-hydrogen) atoms. The van der Waals surface area contributed by atoms with Gasteiger partial charge in [0.2, 0.25) is 0 Å². The van der Waals surface area contributed by atoms with Gasteiger partial charge in [0, 0.05) is 55.0 Å². The number of aromatic nitrogens is 6. The van der Waals surface area contributed by atoms with Crippen LogP contribution >= 0.6 is 0 Å². The number of para-hydroxylation sites is 4. The van der Waals surface area contributed by atoms with Crippen molar-refractivity contribution in [3.05, 3.63) is 211 Å². The van der Waals surface area contributed by atoms with Gasteiger partial charge >= 0.3 is 0 Å². The number of rotatable bonds is 6. The third-order valence-corrected chi connectivity index (χ3v) is 12.8. The Morgan fingerprint density at radius 2 is 0.952 bits per heavy atom. The maximum Gasteiger partial charge on any atom is 0.166 e. The number of fused-ring (bicyclic) bond motifs is 10. The maximum absolute atomic E-state index is 5.20. The van der Waals surface area contributed by atoms with Gasteiger partial charge < -0.3 is 13.7 Å². The summed E-state index contributed by atoms with van der Waals surface area (Å²) in [4.78, 5) is 15.4. The first-order valence-corrected chi connectivity index (χ1v) is 21.6. The van der Waals surface area contributed by atoms with E-state index in [2.05, 4.69) is 184 Å². The summed E-state index contributed by atoms with van der Waals surface area (Å²) in [5.74, 6) is 1.89. The number of aryl methyl sites for hydroxylation is 1. The van der Waals surface area contributed by atoms with Crippen molar-refractivity contribution >= 4 is 60.6 Å². The zero-order chi connectivity index (χ0) is 41.4. The third-order valence-electron chi connectivity index (χ3n) is 12.8. The molecule has 6 nitrogen and oxygen atoms in total. The number of hydrogen-bond donors (Lipinski definition) is 0. The lowest BCUT2D eigenvalue weighted by atomic mass is 9.99. The maximum atomic E-state index is 5.20. The van der Waals surface area contributed by atoms with Gasteiger partial charge in [-0.25, -0.2) is 15.0 Å². The lowest BCUT2D eigenvalue weighted by Gasteiger charge is -2.15. The van der Waals surface area contributed by atoms with E-state index in [9.17, 15) is 0 Å². The van der Waals surface area contributed by atoms with E-state index in [1.807, 2.05) is 36.4 Å². The van der Waals surface area contributed by atoms with E-state index in [1.54, 1.807) is 0 Å². The van der Waals surface area contributed by atoms with Gasteiger partial charge in [0.25, 0.3) is 0 Å². The minimum atomic E-state index is 0.618. The molecule has 0 bridgehead atoms. The molecule has 0 N–H and O–H groups in total. The molecule has 1 aliphatic rings. The Hall–Kier alpha value is -8.35. The van der Waals surface area contributed by atoms with Crippen LogP contribution in [0.2, 0.25) is 0 Å². The van der Waals surface area contributed by atoms with Crippen LogP contribution in [0.4, 0.5) is 0 Å². The van der Waals surface area contributed by atoms with Crippen molar-refractivity contribution in [2.24, 2.45) is 0 Å². The predicted octanol–water partition coefficient (Wildman–Crippen LogP) is 14.0. The van der Waals surface area contributed by atoms with Gasteiger partial charge in [-0.15, -0.1) is 0 Å². The quantitative estimate of drug-likeness (QED) is 0.168. The standard InChI is InChI=1S/C57H38N6/c1-4-19-37(20-5-1)55-58-56(38-21-6-2-7-22-38)60-57(59-55)44-28-13-17-32-48(44)62-47-31-16-12-27-43(47)53-51(62)36-35-41-40-25-10-14-29-45(40)63(54(41)53)50-34-18-33-49-52(50)42-26-11-15-30-46(42)61(49)39-23-8-3-9-24-39/h1-10,12-25,27-36H,11,26H2. The lowest BCUT2D eigenvalue weighted by molar-refractivity contribution is 0.967. The summed E-state index contributed by atoms with van der Waals surface area (Å²) < 4.78 is 7.41. The van der Waals surface area contributed by atoms with Crippen molar-refractivity contribution in [2.75, 3.05) is 0 Å². The van der Waals surface area contributed by atoms with Gasteiger partial charge in [0.1, 0.15) is 0 Å². The Balaban J connectivity index is 1.12. The molecule has 0 spiro atoms. The topological polar surface area (TPSA) is 53.5 Å². The molecule has 0 amide bonds. The fraction of sp³-hybridized carbons (Fsp3) is 0.0351. The van der Waals surface area contributed by atoms with Gasteiger partial charge in [0.05, 0.1) is 39.0 Å². The van der Waals surface area contributed by atoms with Crippen LogP contribution in [0, 0.1) is 0 Å². The van der Waals surface area contributed by atoms with Crippen LogP contribution in [-0.4, -0.2) is 28.7 Å². The smallest absolute Gasteiger partial charge is 0.166 e. The molecule has 0 saturated heterocycles. The molecular weight excluding hydrogens is 769 g/mol. The van der Waals surface area contributed by atoms with Crippen LogP contribution in [0.25, 0.3) is 112 Å². The molecule has 4 aromatic heterocycles. The molecule has 1 aliphatic carbocycles. The molecule has 0 radical (unpaired) electrons. The fourth-order valence-electron chi connectivity index (χ4n) is 10.1. The number of allylic oxidation sites excluding steroid dienone is 1. The lowest BCUT2D eigenvalue weighted by Crippen LogP contribution is -2.03. The summed E-state index contributed by atoms with van der Waals surface area (Å²) in [6, 6.07) is 68.9. The Kier molecular flexibility index (Phi) is 7.93. The monoisotopic (exact) mass is 806 g/mol. The summed E-state index contributed by atoms with van der Waals surface area (Å²) in [5, 5.41) is 6.13.